The minimum atomic E-state index is -0.0758. The summed E-state index contributed by atoms with van der Waals surface area (Å²) in [5.74, 6) is 1.01. The summed E-state index contributed by atoms with van der Waals surface area (Å²) < 4.78 is 0. The van der Waals surface area contributed by atoms with Gasteiger partial charge in [-0.15, -0.1) is 0 Å². The van der Waals surface area contributed by atoms with E-state index in [0.717, 1.165) is 0 Å². The Morgan fingerprint density at radius 1 is 1.27 bits per heavy atom. The molecule has 0 bridgehead atoms. The molecule has 2 heteroatoms. The number of carbonyl (C=O) groups excluding carboxylic acids is 1. The summed E-state index contributed by atoms with van der Waals surface area (Å²) in [6, 6.07) is 0. The molecular formula is C9H15NO. The summed E-state index contributed by atoms with van der Waals surface area (Å²) in [7, 11) is 0. The van der Waals surface area contributed by atoms with Crippen LogP contribution in [0.15, 0.2) is 0 Å². The number of rotatable bonds is 1. The number of carbonyl (C=O) groups is 1. The SMILES string of the molecule is NC1(C2CCCC2)CC(=O)C1. The van der Waals surface area contributed by atoms with E-state index in [4.69, 9.17) is 5.73 Å². The van der Waals surface area contributed by atoms with Crippen molar-refractivity contribution in [3.63, 3.8) is 0 Å². The Morgan fingerprint density at radius 2 is 1.82 bits per heavy atom. The Labute approximate surface area is 67.1 Å². The van der Waals surface area contributed by atoms with Gasteiger partial charge in [0.25, 0.3) is 0 Å². The molecule has 2 aliphatic rings. The van der Waals surface area contributed by atoms with Crippen LogP contribution in [-0.4, -0.2) is 11.3 Å². The van der Waals surface area contributed by atoms with Gasteiger partial charge >= 0.3 is 0 Å². The van der Waals surface area contributed by atoms with Crippen LogP contribution in [0.1, 0.15) is 38.5 Å². The molecule has 0 heterocycles. The summed E-state index contributed by atoms with van der Waals surface area (Å²) in [5.41, 5.74) is 6.00. The maximum atomic E-state index is 10.8. The summed E-state index contributed by atoms with van der Waals surface area (Å²) in [6.07, 6.45) is 6.44. The number of ketones is 1. The van der Waals surface area contributed by atoms with Crippen LogP contribution < -0.4 is 5.73 Å². The van der Waals surface area contributed by atoms with Crippen LogP contribution in [0.25, 0.3) is 0 Å². The van der Waals surface area contributed by atoms with Gasteiger partial charge in [-0.25, -0.2) is 0 Å². The second kappa shape index (κ2) is 2.31. The molecular weight excluding hydrogens is 138 g/mol. The van der Waals surface area contributed by atoms with Crippen molar-refractivity contribution in [2.75, 3.05) is 0 Å². The van der Waals surface area contributed by atoms with E-state index >= 15 is 0 Å². The van der Waals surface area contributed by atoms with Gasteiger partial charge in [-0.2, -0.15) is 0 Å². The molecule has 0 aromatic heterocycles. The first kappa shape index (κ1) is 7.29. The summed E-state index contributed by atoms with van der Waals surface area (Å²) in [5, 5.41) is 0. The number of nitrogens with two attached hydrogens (primary N) is 1. The molecule has 0 atom stereocenters. The Bertz CT molecular complexity index is 174. The summed E-state index contributed by atoms with van der Waals surface area (Å²) in [4.78, 5) is 10.8. The summed E-state index contributed by atoms with van der Waals surface area (Å²) in [6.45, 7) is 0. The molecule has 0 aromatic rings. The third kappa shape index (κ3) is 1.09. The minimum Gasteiger partial charge on any atom is -0.324 e. The van der Waals surface area contributed by atoms with Gasteiger partial charge in [-0.3, -0.25) is 4.79 Å². The van der Waals surface area contributed by atoms with E-state index in [-0.39, 0.29) is 5.54 Å². The predicted molar refractivity (Wildman–Crippen MR) is 43.1 cm³/mol. The standard InChI is InChI=1S/C9H15NO/c10-9(5-8(11)6-9)7-3-1-2-4-7/h7H,1-6,10H2. The van der Waals surface area contributed by atoms with Crippen LogP contribution >= 0.6 is 0 Å². The van der Waals surface area contributed by atoms with Gasteiger partial charge < -0.3 is 5.73 Å². The third-order valence-electron chi connectivity index (χ3n) is 3.22. The lowest BCUT2D eigenvalue weighted by Crippen LogP contribution is -2.57. The lowest BCUT2D eigenvalue weighted by atomic mass is 9.67. The average molecular weight is 153 g/mol. The molecule has 11 heavy (non-hydrogen) atoms. The number of hydrogen-bond acceptors (Lipinski definition) is 2. The lowest BCUT2D eigenvalue weighted by molar-refractivity contribution is -0.129. The molecule has 2 rings (SSSR count). The molecule has 0 aromatic carbocycles. The van der Waals surface area contributed by atoms with Crippen LogP contribution in [0.4, 0.5) is 0 Å². The molecule has 0 spiro atoms. The average Bonchev–Trinajstić information content (AvgIpc) is 2.34. The normalized spacial score (nSPS) is 30.5. The molecule has 62 valence electrons. The lowest BCUT2D eigenvalue weighted by Gasteiger charge is -2.41. The molecule has 2 nitrogen and oxygen atoms in total. The van der Waals surface area contributed by atoms with Crippen molar-refractivity contribution in [1.29, 1.82) is 0 Å². The molecule has 0 saturated heterocycles. The highest BCUT2D eigenvalue weighted by atomic mass is 16.1. The molecule has 0 amide bonds. The first-order valence-corrected chi connectivity index (χ1v) is 4.51. The highest BCUT2D eigenvalue weighted by molar-refractivity contribution is 5.87. The highest BCUT2D eigenvalue weighted by Crippen LogP contribution is 2.41. The fourth-order valence-electron chi connectivity index (χ4n) is 2.47. The Kier molecular flexibility index (Phi) is 1.53. The third-order valence-corrected chi connectivity index (χ3v) is 3.22. The maximum absolute atomic E-state index is 10.8. The molecule has 2 aliphatic carbocycles. The van der Waals surface area contributed by atoms with Gasteiger partial charge in [-0.1, -0.05) is 12.8 Å². The highest BCUT2D eigenvalue weighted by Gasteiger charge is 2.46. The van der Waals surface area contributed by atoms with E-state index in [2.05, 4.69) is 0 Å². The van der Waals surface area contributed by atoms with Gasteiger partial charge in [-0.05, 0) is 18.8 Å². The maximum Gasteiger partial charge on any atom is 0.136 e. The quantitative estimate of drug-likeness (QED) is 0.615. The van der Waals surface area contributed by atoms with Crippen molar-refractivity contribution in [3.8, 4) is 0 Å². The zero-order valence-corrected chi connectivity index (χ0v) is 6.81. The predicted octanol–water partition coefficient (Wildman–Crippen LogP) is 1.24. The van der Waals surface area contributed by atoms with Crippen molar-refractivity contribution in [2.24, 2.45) is 11.7 Å². The second-order valence-electron chi connectivity index (χ2n) is 4.11. The van der Waals surface area contributed by atoms with Gasteiger partial charge in [0.1, 0.15) is 5.78 Å². The van der Waals surface area contributed by atoms with Gasteiger partial charge in [0.15, 0.2) is 0 Å². The van der Waals surface area contributed by atoms with E-state index in [1.165, 1.54) is 25.7 Å². The van der Waals surface area contributed by atoms with Crippen molar-refractivity contribution < 1.29 is 4.79 Å². The van der Waals surface area contributed by atoms with Crippen LogP contribution in [0.2, 0.25) is 0 Å². The van der Waals surface area contributed by atoms with Crippen LogP contribution in [0.5, 0.6) is 0 Å². The Morgan fingerprint density at radius 3 is 2.27 bits per heavy atom. The Hall–Kier alpha value is -0.370. The van der Waals surface area contributed by atoms with Crippen molar-refractivity contribution >= 4 is 5.78 Å². The summed E-state index contributed by atoms with van der Waals surface area (Å²) >= 11 is 0. The van der Waals surface area contributed by atoms with Crippen LogP contribution in [0, 0.1) is 5.92 Å². The van der Waals surface area contributed by atoms with E-state index in [1.807, 2.05) is 0 Å². The van der Waals surface area contributed by atoms with Gasteiger partial charge in [0.05, 0.1) is 0 Å². The van der Waals surface area contributed by atoms with E-state index in [1.54, 1.807) is 0 Å². The molecule has 0 unspecified atom stereocenters. The van der Waals surface area contributed by atoms with Crippen molar-refractivity contribution in [3.05, 3.63) is 0 Å². The van der Waals surface area contributed by atoms with E-state index in [9.17, 15) is 4.79 Å². The topological polar surface area (TPSA) is 43.1 Å². The molecule has 0 radical (unpaired) electrons. The first-order chi connectivity index (χ1) is 5.21. The van der Waals surface area contributed by atoms with Gasteiger partial charge in [0, 0.05) is 18.4 Å². The largest absolute Gasteiger partial charge is 0.324 e. The molecule has 2 N–H and O–H groups in total. The monoisotopic (exact) mass is 153 g/mol. The zero-order valence-electron chi connectivity index (χ0n) is 6.81. The van der Waals surface area contributed by atoms with Crippen LogP contribution in [0.3, 0.4) is 0 Å². The fraction of sp³-hybridized carbons (Fsp3) is 0.889. The zero-order chi connectivity index (χ0) is 7.90. The fourth-order valence-corrected chi connectivity index (χ4v) is 2.47. The number of Topliss-reactive ketones (excluding diaryl/α,β-unsaturated/α-hetero) is 1. The van der Waals surface area contributed by atoms with E-state index < -0.39 is 0 Å². The van der Waals surface area contributed by atoms with E-state index in [0.29, 0.717) is 24.5 Å². The second-order valence-corrected chi connectivity index (χ2v) is 4.11. The first-order valence-electron chi connectivity index (χ1n) is 4.51. The molecule has 2 saturated carbocycles. The smallest absolute Gasteiger partial charge is 0.136 e. The number of hydrogen-bond donors (Lipinski definition) is 1. The van der Waals surface area contributed by atoms with Gasteiger partial charge in [0.2, 0.25) is 0 Å². The molecule has 2 fully saturated rings. The van der Waals surface area contributed by atoms with Crippen molar-refractivity contribution in [2.45, 2.75) is 44.1 Å². The molecule has 0 aliphatic heterocycles. The van der Waals surface area contributed by atoms with Crippen LogP contribution in [-0.2, 0) is 4.79 Å². The minimum absolute atomic E-state index is 0.0758. The Balaban J connectivity index is 1.98. The van der Waals surface area contributed by atoms with Crippen molar-refractivity contribution in [1.82, 2.24) is 0 Å².